The van der Waals surface area contributed by atoms with E-state index in [0.717, 1.165) is 31.5 Å². The quantitative estimate of drug-likeness (QED) is 0.667. The normalized spacial score (nSPS) is 38.6. The molecule has 74 valence electrons. The van der Waals surface area contributed by atoms with Gasteiger partial charge < -0.3 is 10.1 Å². The Morgan fingerprint density at radius 2 is 2.00 bits per heavy atom. The van der Waals surface area contributed by atoms with E-state index in [1.807, 2.05) is 6.08 Å². The van der Waals surface area contributed by atoms with Crippen molar-refractivity contribution in [3.63, 3.8) is 0 Å². The average Bonchev–Trinajstić information content (AvgIpc) is 2.14. The predicted octanol–water partition coefficient (Wildman–Crippen LogP) is 1.58. The summed E-state index contributed by atoms with van der Waals surface area (Å²) in [5.41, 5.74) is 0. The van der Waals surface area contributed by atoms with Crippen LogP contribution in [-0.2, 0) is 4.74 Å². The molecule has 13 heavy (non-hydrogen) atoms. The third-order valence-electron chi connectivity index (χ3n) is 3.30. The lowest BCUT2D eigenvalue weighted by Gasteiger charge is -2.42. The van der Waals surface area contributed by atoms with E-state index in [-0.39, 0.29) is 0 Å². The molecule has 2 heteroatoms. The van der Waals surface area contributed by atoms with Gasteiger partial charge in [-0.05, 0) is 24.7 Å². The second-order valence-corrected chi connectivity index (χ2v) is 4.20. The van der Waals surface area contributed by atoms with Gasteiger partial charge in [0, 0.05) is 13.1 Å². The Hall–Kier alpha value is -0.340. The zero-order chi connectivity index (χ0) is 9.10. The van der Waals surface area contributed by atoms with Crippen LogP contribution in [0, 0.1) is 11.8 Å². The van der Waals surface area contributed by atoms with Crippen molar-refractivity contribution >= 4 is 0 Å². The Balaban J connectivity index is 1.94. The smallest absolute Gasteiger partial charge is 0.0659 e. The zero-order valence-corrected chi connectivity index (χ0v) is 8.17. The van der Waals surface area contributed by atoms with Crippen molar-refractivity contribution in [2.45, 2.75) is 25.4 Å². The molecule has 0 spiro atoms. The van der Waals surface area contributed by atoms with E-state index in [1.165, 1.54) is 19.3 Å². The van der Waals surface area contributed by atoms with Gasteiger partial charge in [0.1, 0.15) is 0 Å². The molecule has 1 N–H and O–H groups in total. The summed E-state index contributed by atoms with van der Waals surface area (Å²) in [4.78, 5) is 0. The summed E-state index contributed by atoms with van der Waals surface area (Å²) in [5, 5.41) is 3.49. The lowest BCUT2D eigenvalue weighted by Crippen LogP contribution is -2.50. The zero-order valence-electron chi connectivity index (χ0n) is 8.17. The topological polar surface area (TPSA) is 21.3 Å². The first-order valence-electron chi connectivity index (χ1n) is 5.35. The van der Waals surface area contributed by atoms with Crippen molar-refractivity contribution in [1.29, 1.82) is 0 Å². The Morgan fingerprint density at radius 3 is 2.62 bits per heavy atom. The second-order valence-electron chi connectivity index (χ2n) is 4.20. The van der Waals surface area contributed by atoms with Crippen LogP contribution >= 0.6 is 0 Å². The van der Waals surface area contributed by atoms with Crippen LogP contribution < -0.4 is 5.32 Å². The van der Waals surface area contributed by atoms with Crippen LogP contribution in [-0.4, -0.2) is 25.8 Å². The van der Waals surface area contributed by atoms with Gasteiger partial charge in [-0.2, -0.15) is 0 Å². The molecule has 1 aliphatic heterocycles. The molecule has 2 aliphatic rings. The van der Waals surface area contributed by atoms with Crippen molar-refractivity contribution in [2.24, 2.45) is 11.8 Å². The molecule has 0 radical (unpaired) electrons. The molecule has 0 aromatic carbocycles. The highest BCUT2D eigenvalue weighted by molar-refractivity contribution is 4.90. The van der Waals surface area contributed by atoms with Gasteiger partial charge in [0.05, 0.1) is 12.7 Å². The van der Waals surface area contributed by atoms with Crippen molar-refractivity contribution in [3.05, 3.63) is 12.7 Å². The maximum Gasteiger partial charge on any atom is 0.0659 e. The monoisotopic (exact) mass is 181 g/mol. The van der Waals surface area contributed by atoms with Crippen molar-refractivity contribution < 1.29 is 4.74 Å². The van der Waals surface area contributed by atoms with Crippen LogP contribution in [0.1, 0.15) is 19.3 Å². The van der Waals surface area contributed by atoms with Crippen LogP contribution in [0.5, 0.6) is 0 Å². The number of hydrogen-bond donors (Lipinski definition) is 1. The van der Waals surface area contributed by atoms with Crippen molar-refractivity contribution in [2.75, 3.05) is 19.7 Å². The average molecular weight is 181 g/mol. The molecule has 1 saturated heterocycles. The highest BCUT2D eigenvalue weighted by Gasteiger charge is 2.36. The van der Waals surface area contributed by atoms with Gasteiger partial charge in [0.15, 0.2) is 0 Å². The Morgan fingerprint density at radius 1 is 1.31 bits per heavy atom. The molecule has 2 nitrogen and oxygen atoms in total. The number of rotatable bonds is 3. The minimum absolute atomic E-state index is 0.507. The Kier molecular flexibility index (Phi) is 3.01. The summed E-state index contributed by atoms with van der Waals surface area (Å²) in [5.74, 6) is 1.51. The fourth-order valence-corrected chi connectivity index (χ4v) is 2.70. The first-order valence-corrected chi connectivity index (χ1v) is 5.35. The van der Waals surface area contributed by atoms with Crippen LogP contribution in [0.4, 0.5) is 0 Å². The molecule has 1 aliphatic carbocycles. The first-order chi connectivity index (χ1) is 6.42. The fourth-order valence-electron chi connectivity index (χ4n) is 2.70. The molecule has 2 bridgehead atoms. The number of hydrogen-bond acceptors (Lipinski definition) is 2. The standard InChI is InChI=1S/C11H19NO/c1-2-6-13-11-9-4-3-5-10(11)8-12-7-9/h2,9-12H,1,3-8H2/t9-,10-/m0/s1. The van der Waals surface area contributed by atoms with E-state index in [0.29, 0.717) is 6.10 Å². The predicted molar refractivity (Wildman–Crippen MR) is 53.6 cm³/mol. The molecular formula is C11H19NO. The highest BCUT2D eigenvalue weighted by atomic mass is 16.5. The Labute approximate surface area is 80.4 Å². The largest absolute Gasteiger partial charge is 0.374 e. The third kappa shape index (κ3) is 1.94. The van der Waals surface area contributed by atoms with Crippen LogP contribution in [0.15, 0.2) is 12.7 Å². The molecular weight excluding hydrogens is 162 g/mol. The highest BCUT2D eigenvalue weighted by Crippen LogP contribution is 2.33. The van der Waals surface area contributed by atoms with E-state index in [2.05, 4.69) is 11.9 Å². The van der Waals surface area contributed by atoms with E-state index < -0.39 is 0 Å². The lowest BCUT2D eigenvalue weighted by atomic mass is 9.76. The van der Waals surface area contributed by atoms with E-state index in [9.17, 15) is 0 Å². The minimum atomic E-state index is 0.507. The van der Waals surface area contributed by atoms with E-state index in [4.69, 9.17) is 4.74 Å². The summed E-state index contributed by atoms with van der Waals surface area (Å²) in [6.07, 6.45) is 6.44. The van der Waals surface area contributed by atoms with Gasteiger partial charge in [0.2, 0.25) is 0 Å². The molecule has 1 saturated carbocycles. The summed E-state index contributed by atoms with van der Waals surface area (Å²) in [7, 11) is 0. The lowest BCUT2D eigenvalue weighted by molar-refractivity contribution is -0.0514. The van der Waals surface area contributed by atoms with Gasteiger partial charge >= 0.3 is 0 Å². The molecule has 0 aromatic heterocycles. The van der Waals surface area contributed by atoms with E-state index >= 15 is 0 Å². The van der Waals surface area contributed by atoms with E-state index in [1.54, 1.807) is 0 Å². The van der Waals surface area contributed by atoms with Gasteiger partial charge in [-0.1, -0.05) is 12.5 Å². The van der Waals surface area contributed by atoms with Crippen LogP contribution in [0.25, 0.3) is 0 Å². The molecule has 2 rings (SSSR count). The van der Waals surface area contributed by atoms with Crippen LogP contribution in [0.2, 0.25) is 0 Å². The molecule has 0 aromatic rings. The van der Waals surface area contributed by atoms with Crippen molar-refractivity contribution in [1.82, 2.24) is 5.32 Å². The van der Waals surface area contributed by atoms with Gasteiger partial charge in [-0.15, -0.1) is 6.58 Å². The number of nitrogens with one attached hydrogen (secondary N) is 1. The first kappa shape index (κ1) is 9.22. The molecule has 1 heterocycles. The third-order valence-corrected chi connectivity index (χ3v) is 3.30. The minimum Gasteiger partial charge on any atom is -0.374 e. The Bertz CT molecular complexity index is 159. The summed E-state index contributed by atoms with van der Waals surface area (Å²) < 4.78 is 5.84. The number of fused-ring (bicyclic) bond motifs is 2. The van der Waals surface area contributed by atoms with Crippen LogP contribution in [0.3, 0.4) is 0 Å². The summed E-state index contributed by atoms with van der Waals surface area (Å²) in [6.45, 7) is 6.72. The van der Waals surface area contributed by atoms with Gasteiger partial charge in [-0.25, -0.2) is 0 Å². The van der Waals surface area contributed by atoms with Crippen molar-refractivity contribution in [3.8, 4) is 0 Å². The molecule has 2 atom stereocenters. The number of piperidine rings is 1. The number of ether oxygens (including phenoxy) is 1. The molecule has 0 amide bonds. The SMILES string of the molecule is C=CCOC1[C@H]2CCC[C@H]1CNC2. The summed E-state index contributed by atoms with van der Waals surface area (Å²) in [6, 6.07) is 0. The second kappa shape index (κ2) is 4.25. The molecule has 2 fully saturated rings. The maximum absolute atomic E-state index is 5.84. The van der Waals surface area contributed by atoms with Gasteiger partial charge in [0.25, 0.3) is 0 Å². The fraction of sp³-hybridized carbons (Fsp3) is 0.818. The molecule has 0 unspecified atom stereocenters. The van der Waals surface area contributed by atoms with Gasteiger partial charge in [-0.3, -0.25) is 0 Å². The summed E-state index contributed by atoms with van der Waals surface area (Å²) >= 11 is 0. The maximum atomic E-state index is 5.84.